The number of likely N-dealkylation sites (tertiary alicyclic amines) is 1. The SMILES string of the molecule is O=C(C1CC1c1ccccc1C(F)(F)F)N1CCCC1c1ccc2c(c1)OCCO2. The first-order chi connectivity index (χ1) is 14.4. The Morgan fingerprint density at radius 3 is 2.60 bits per heavy atom. The lowest BCUT2D eigenvalue weighted by Crippen LogP contribution is -2.32. The van der Waals surface area contributed by atoms with Crippen molar-refractivity contribution in [3.8, 4) is 11.5 Å². The molecule has 0 bridgehead atoms. The van der Waals surface area contributed by atoms with Crippen LogP contribution in [0.15, 0.2) is 42.5 Å². The van der Waals surface area contributed by atoms with E-state index < -0.39 is 11.7 Å². The van der Waals surface area contributed by atoms with Crippen molar-refractivity contribution in [2.24, 2.45) is 5.92 Å². The summed E-state index contributed by atoms with van der Waals surface area (Å²) in [7, 11) is 0. The van der Waals surface area contributed by atoms with Gasteiger partial charge in [-0.3, -0.25) is 4.79 Å². The lowest BCUT2D eigenvalue weighted by molar-refractivity contribution is -0.139. The molecule has 0 aromatic heterocycles. The van der Waals surface area contributed by atoms with Crippen LogP contribution in [0.5, 0.6) is 11.5 Å². The van der Waals surface area contributed by atoms with Gasteiger partial charge in [0.2, 0.25) is 5.91 Å². The van der Waals surface area contributed by atoms with Crippen LogP contribution in [-0.2, 0) is 11.0 Å². The largest absolute Gasteiger partial charge is 0.486 e. The minimum Gasteiger partial charge on any atom is -0.486 e. The van der Waals surface area contributed by atoms with E-state index in [0.29, 0.717) is 37.7 Å². The predicted octanol–water partition coefficient (Wildman–Crippen LogP) is 4.94. The molecule has 158 valence electrons. The van der Waals surface area contributed by atoms with Gasteiger partial charge in [-0.25, -0.2) is 0 Å². The first-order valence-corrected chi connectivity index (χ1v) is 10.3. The molecule has 2 heterocycles. The summed E-state index contributed by atoms with van der Waals surface area (Å²) in [5.74, 6) is 0.589. The maximum atomic E-state index is 13.4. The molecule has 4 nitrogen and oxygen atoms in total. The van der Waals surface area contributed by atoms with E-state index >= 15 is 0 Å². The third-order valence-electron chi connectivity index (χ3n) is 6.26. The molecule has 1 aliphatic carbocycles. The van der Waals surface area contributed by atoms with Crippen LogP contribution in [0, 0.1) is 5.92 Å². The monoisotopic (exact) mass is 417 g/mol. The molecule has 3 aliphatic rings. The summed E-state index contributed by atoms with van der Waals surface area (Å²) in [6.45, 7) is 1.64. The van der Waals surface area contributed by atoms with Gasteiger partial charge in [-0.1, -0.05) is 24.3 Å². The fraction of sp³-hybridized carbons (Fsp3) is 0.435. The second-order valence-electron chi connectivity index (χ2n) is 8.13. The van der Waals surface area contributed by atoms with E-state index in [2.05, 4.69) is 0 Å². The summed E-state index contributed by atoms with van der Waals surface area (Å²) in [6.07, 6.45) is -2.23. The van der Waals surface area contributed by atoms with Gasteiger partial charge in [0.25, 0.3) is 0 Å². The normalized spacial score (nSPS) is 25.3. The Morgan fingerprint density at radius 2 is 1.80 bits per heavy atom. The van der Waals surface area contributed by atoms with Crippen molar-refractivity contribution in [2.75, 3.05) is 19.8 Å². The molecule has 7 heteroatoms. The van der Waals surface area contributed by atoms with Crippen LogP contribution in [0.1, 0.15) is 47.9 Å². The number of halogens is 3. The number of ether oxygens (including phenoxy) is 2. The maximum Gasteiger partial charge on any atom is 0.416 e. The molecule has 2 fully saturated rings. The predicted molar refractivity (Wildman–Crippen MR) is 103 cm³/mol. The van der Waals surface area contributed by atoms with Crippen molar-refractivity contribution in [1.82, 2.24) is 4.90 Å². The van der Waals surface area contributed by atoms with Gasteiger partial charge in [0.15, 0.2) is 11.5 Å². The van der Waals surface area contributed by atoms with E-state index in [1.165, 1.54) is 12.1 Å². The van der Waals surface area contributed by atoms with E-state index in [0.717, 1.165) is 24.5 Å². The molecule has 1 saturated heterocycles. The van der Waals surface area contributed by atoms with Gasteiger partial charge in [0.05, 0.1) is 11.6 Å². The molecule has 2 aliphatic heterocycles. The van der Waals surface area contributed by atoms with Crippen LogP contribution < -0.4 is 9.47 Å². The van der Waals surface area contributed by atoms with Gasteiger partial charge in [-0.2, -0.15) is 13.2 Å². The van der Waals surface area contributed by atoms with Gasteiger partial charge < -0.3 is 14.4 Å². The van der Waals surface area contributed by atoms with Crippen LogP contribution in [0.2, 0.25) is 0 Å². The van der Waals surface area contributed by atoms with Crippen molar-refractivity contribution in [3.05, 3.63) is 59.2 Å². The van der Waals surface area contributed by atoms with Gasteiger partial charge in [-0.15, -0.1) is 0 Å². The molecule has 2 aromatic carbocycles. The molecule has 5 rings (SSSR count). The smallest absolute Gasteiger partial charge is 0.416 e. The number of hydrogen-bond donors (Lipinski definition) is 0. The van der Waals surface area contributed by atoms with Gasteiger partial charge >= 0.3 is 6.18 Å². The summed E-state index contributed by atoms with van der Waals surface area (Å²) in [5, 5.41) is 0. The van der Waals surface area contributed by atoms with Crippen molar-refractivity contribution >= 4 is 5.91 Å². The quantitative estimate of drug-likeness (QED) is 0.710. The van der Waals surface area contributed by atoms with Crippen LogP contribution >= 0.6 is 0 Å². The minimum atomic E-state index is -4.41. The second kappa shape index (κ2) is 7.22. The van der Waals surface area contributed by atoms with Gasteiger partial charge in [-0.05, 0) is 54.5 Å². The van der Waals surface area contributed by atoms with E-state index in [1.807, 2.05) is 23.1 Å². The zero-order valence-corrected chi connectivity index (χ0v) is 16.3. The number of alkyl halides is 3. The highest BCUT2D eigenvalue weighted by Gasteiger charge is 2.50. The lowest BCUT2D eigenvalue weighted by Gasteiger charge is -2.27. The molecule has 3 unspecified atom stereocenters. The Morgan fingerprint density at radius 1 is 1.03 bits per heavy atom. The highest BCUT2D eigenvalue weighted by molar-refractivity contribution is 5.84. The second-order valence-corrected chi connectivity index (χ2v) is 8.13. The molecule has 2 aromatic rings. The van der Waals surface area contributed by atoms with E-state index in [1.54, 1.807) is 6.07 Å². The first kappa shape index (κ1) is 19.3. The van der Waals surface area contributed by atoms with Crippen LogP contribution in [-0.4, -0.2) is 30.6 Å². The Labute approximate surface area is 172 Å². The van der Waals surface area contributed by atoms with Gasteiger partial charge in [0, 0.05) is 12.5 Å². The maximum absolute atomic E-state index is 13.4. The average Bonchev–Trinajstić information content (AvgIpc) is 3.40. The first-order valence-electron chi connectivity index (χ1n) is 10.3. The van der Waals surface area contributed by atoms with Crippen molar-refractivity contribution in [3.63, 3.8) is 0 Å². The summed E-state index contributed by atoms with van der Waals surface area (Å²) in [5.41, 5.74) is 0.589. The lowest BCUT2D eigenvalue weighted by atomic mass is 10.0. The highest BCUT2D eigenvalue weighted by atomic mass is 19.4. The van der Waals surface area contributed by atoms with Gasteiger partial charge in [0.1, 0.15) is 13.2 Å². The van der Waals surface area contributed by atoms with Crippen LogP contribution in [0.4, 0.5) is 13.2 Å². The number of benzene rings is 2. The number of rotatable bonds is 3. The number of amides is 1. The minimum absolute atomic E-state index is 0.0469. The molecule has 0 radical (unpaired) electrons. The molecule has 1 amide bonds. The highest BCUT2D eigenvalue weighted by Crippen LogP contribution is 2.53. The number of fused-ring (bicyclic) bond motifs is 1. The van der Waals surface area contributed by atoms with Crippen molar-refractivity contribution in [1.29, 1.82) is 0 Å². The number of carbonyl (C=O) groups excluding carboxylic acids is 1. The van der Waals surface area contributed by atoms with Crippen LogP contribution in [0.25, 0.3) is 0 Å². The Kier molecular flexibility index (Phi) is 4.64. The fourth-order valence-electron chi connectivity index (χ4n) is 4.75. The summed E-state index contributed by atoms with van der Waals surface area (Å²) in [6, 6.07) is 11.3. The third kappa shape index (κ3) is 3.40. The zero-order chi connectivity index (χ0) is 20.9. The van der Waals surface area contributed by atoms with Crippen molar-refractivity contribution < 1.29 is 27.4 Å². The standard InChI is InChI=1S/C23H22F3NO3/c24-23(25,26)18-5-2-1-4-15(18)16-13-17(16)22(28)27-9-3-6-19(27)14-7-8-20-21(12-14)30-11-10-29-20/h1-2,4-5,7-8,12,16-17,19H,3,6,9-11,13H2. The molecule has 30 heavy (non-hydrogen) atoms. The van der Waals surface area contributed by atoms with E-state index in [4.69, 9.17) is 9.47 Å². The number of hydrogen-bond acceptors (Lipinski definition) is 3. The average molecular weight is 417 g/mol. The Balaban J connectivity index is 1.35. The molecule has 0 spiro atoms. The third-order valence-corrected chi connectivity index (χ3v) is 6.26. The number of nitrogens with zero attached hydrogens (tertiary/aromatic N) is 1. The van der Waals surface area contributed by atoms with E-state index in [9.17, 15) is 18.0 Å². The molecule has 1 saturated carbocycles. The molecular weight excluding hydrogens is 395 g/mol. The summed E-state index contributed by atoms with van der Waals surface area (Å²) >= 11 is 0. The zero-order valence-electron chi connectivity index (χ0n) is 16.3. The summed E-state index contributed by atoms with van der Waals surface area (Å²) < 4.78 is 51.3. The molecule has 3 atom stereocenters. The Bertz CT molecular complexity index is 974. The number of carbonyl (C=O) groups is 1. The topological polar surface area (TPSA) is 38.8 Å². The summed E-state index contributed by atoms with van der Waals surface area (Å²) in [4.78, 5) is 15.1. The van der Waals surface area contributed by atoms with E-state index in [-0.39, 0.29) is 29.3 Å². The van der Waals surface area contributed by atoms with Crippen molar-refractivity contribution in [2.45, 2.75) is 37.4 Å². The molecule has 0 N–H and O–H groups in total. The fourth-order valence-corrected chi connectivity index (χ4v) is 4.75. The Hall–Kier alpha value is -2.70. The van der Waals surface area contributed by atoms with Crippen LogP contribution in [0.3, 0.4) is 0 Å². The molecular formula is C23H22F3NO3.